The fraction of sp³-hybridized carbons (Fsp3) is 0.393. The summed E-state index contributed by atoms with van der Waals surface area (Å²) in [7, 11) is 6.33. The molecular formula is C28H31F3N4O4. The van der Waals surface area contributed by atoms with E-state index in [1.807, 2.05) is 0 Å². The van der Waals surface area contributed by atoms with Crippen LogP contribution in [0.4, 0.5) is 18.9 Å². The van der Waals surface area contributed by atoms with E-state index in [2.05, 4.69) is 10.4 Å². The van der Waals surface area contributed by atoms with Gasteiger partial charge in [-0.25, -0.2) is 0 Å². The molecule has 0 aliphatic heterocycles. The van der Waals surface area contributed by atoms with Gasteiger partial charge in [0.05, 0.1) is 31.2 Å². The topological polar surface area (TPSA) is 85.7 Å². The van der Waals surface area contributed by atoms with Crippen LogP contribution in [0.1, 0.15) is 36.0 Å². The van der Waals surface area contributed by atoms with Crippen molar-refractivity contribution >= 4 is 11.6 Å². The van der Waals surface area contributed by atoms with Gasteiger partial charge in [0, 0.05) is 49.9 Å². The summed E-state index contributed by atoms with van der Waals surface area (Å²) >= 11 is 0. The van der Waals surface area contributed by atoms with Gasteiger partial charge in [-0.2, -0.15) is 23.0 Å². The number of nitrogens with zero attached hydrogens (tertiary/aromatic N) is 3. The summed E-state index contributed by atoms with van der Waals surface area (Å²) in [6, 6.07) is 8.65. The summed E-state index contributed by atoms with van der Waals surface area (Å²) in [5.41, 5.74) is 0.634. The van der Waals surface area contributed by atoms with Crippen molar-refractivity contribution < 1.29 is 27.4 Å². The lowest BCUT2D eigenvalue weighted by molar-refractivity contribution is -0.137. The Hall–Kier alpha value is -4.02. The average molecular weight is 545 g/mol. The first kappa shape index (κ1) is 28.0. The number of carbonyl (C=O) groups excluding carboxylic acids is 1. The molecule has 39 heavy (non-hydrogen) atoms. The summed E-state index contributed by atoms with van der Waals surface area (Å²) < 4.78 is 54.0. The van der Waals surface area contributed by atoms with Crippen molar-refractivity contribution in [1.82, 2.24) is 14.7 Å². The zero-order chi connectivity index (χ0) is 28.3. The second-order valence-corrected chi connectivity index (χ2v) is 9.53. The molecule has 208 valence electrons. The lowest BCUT2D eigenvalue weighted by atomic mass is 10.0. The van der Waals surface area contributed by atoms with Crippen LogP contribution in [-0.4, -0.2) is 55.4 Å². The van der Waals surface area contributed by atoms with Crippen molar-refractivity contribution in [2.45, 2.75) is 38.3 Å². The molecule has 1 aliphatic rings. The van der Waals surface area contributed by atoms with E-state index in [9.17, 15) is 22.8 Å². The third kappa shape index (κ3) is 6.02. The smallest absolute Gasteiger partial charge is 0.418 e. The van der Waals surface area contributed by atoms with Gasteiger partial charge in [-0.05, 0) is 61.6 Å². The van der Waals surface area contributed by atoms with Gasteiger partial charge in [0.25, 0.3) is 5.56 Å². The van der Waals surface area contributed by atoms with Gasteiger partial charge in [0.15, 0.2) is 0 Å². The van der Waals surface area contributed by atoms with Crippen molar-refractivity contribution in [3.05, 3.63) is 63.4 Å². The molecule has 3 aromatic rings. The Morgan fingerprint density at radius 1 is 1.05 bits per heavy atom. The van der Waals surface area contributed by atoms with Crippen LogP contribution in [0, 0.1) is 0 Å². The van der Waals surface area contributed by atoms with E-state index in [4.69, 9.17) is 9.47 Å². The summed E-state index contributed by atoms with van der Waals surface area (Å²) in [4.78, 5) is 26.8. The van der Waals surface area contributed by atoms with Gasteiger partial charge in [0.1, 0.15) is 11.5 Å². The minimum Gasteiger partial charge on any atom is -0.497 e. The van der Waals surface area contributed by atoms with E-state index in [1.54, 1.807) is 32.3 Å². The summed E-state index contributed by atoms with van der Waals surface area (Å²) in [6.07, 6.45) is -2.19. The van der Waals surface area contributed by atoms with E-state index in [0.717, 1.165) is 16.3 Å². The Bertz CT molecular complexity index is 1410. The Balaban J connectivity index is 1.82. The highest BCUT2D eigenvalue weighted by Gasteiger charge is 2.35. The molecule has 0 radical (unpaired) electrons. The minimum atomic E-state index is -4.72. The molecule has 0 atom stereocenters. The molecule has 1 amide bonds. The average Bonchev–Trinajstić information content (AvgIpc) is 3.41. The van der Waals surface area contributed by atoms with Crippen LogP contribution in [0.15, 0.2) is 41.2 Å². The van der Waals surface area contributed by atoms with Crippen molar-refractivity contribution in [3.8, 4) is 28.4 Å². The van der Waals surface area contributed by atoms with Crippen LogP contribution < -0.4 is 20.3 Å². The first-order valence-corrected chi connectivity index (χ1v) is 12.6. The van der Waals surface area contributed by atoms with Gasteiger partial charge in [-0.15, -0.1) is 0 Å². The molecule has 0 saturated carbocycles. The van der Waals surface area contributed by atoms with Crippen LogP contribution in [0.25, 0.3) is 16.9 Å². The Kier molecular flexibility index (Phi) is 8.17. The van der Waals surface area contributed by atoms with Gasteiger partial charge >= 0.3 is 6.18 Å². The predicted octanol–water partition coefficient (Wildman–Crippen LogP) is 4.70. The maximum atomic E-state index is 14.1. The number of aromatic nitrogens is 2. The molecule has 1 aliphatic carbocycles. The van der Waals surface area contributed by atoms with Crippen LogP contribution in [0.5, 0.6) is 11.5 Å². The minimum absolute atomic E-state index is 0.0412. The molecule has 8 nitrogen and oxygen atoms in total. The predicted molar refractivity (Wildman–Crippen MR) is 142 cm³/mol. The monoisotopic (exact) mass is 544 g/mol. The molecule has 1 aromatic heterocycles. The molecular weight excluding hydrogens is 513 g/mol. The van der Waals surface area contributed by atoms with Crippen molar-refractivity contribution in [3.63, 3.8) is 0 Å². The van der Waals surface area contributed by atoms with Crippen LogP contribution in [0.3, 0.4) is 0 Å². The van der Waals surface area contributed by atoms with Crippen molar-refractivity contribution in [2.24, 2.45) is 0 Å². The number of methoxy groups -OCH3 is 2. The van der Waals surface area contributed by atoms with Crippen LogP contribution >= 0.6 is 0 Å². The number of nitrogens with one attached hydrogen (secondary N) is 1. The van der Waals surface area contributed by atoms with Crippen LogP contribution in [-0.2, 0) is 23.8 Å². The van der Waals surface area contributed by atoms with Crippen LogP contribution in [0.2, 0.25) is 0 Å². The fourth-order valence-electron chi connectivity index (χ4n) is 4.67. The van der Waals surface area contributed by atoms with Gasteiger partial charge in [-0.1, -0.05) is 0 Å². The lowest BCUT2D eigenvalue weighted by Gasteiger charge is -2.19. The molecule has 1 N–H and O–H groups in total. The molecule has 1 heterocycles. The summed E-state index contributed by atoms with van der Waals surface area (Å²) in [5, 5.41) is 7.57. The van der Waals surface area contributed by atoms with Gasteiger partial charge in [-0.3, -0.25) is 9.59 Å². The fourth-order valence-corrected chi connectivity index (χ4v) is 4.67. The molecule has 11 heteroatoms. The third-order valence-electron chi connectivity index (χ3n) is 6.71. The first-order valence-electron chi connectivity index (χ1n) is 12.6. The third-order valence-corrected chi connectivity index (χ3v) is 6.71. The molecule has 2 aromatic carbocycles. The number of carbonyl (C=O) groups is 1. The SMILES string of the molecule is COc1cc(OC)cc(-c2nn(-c3cc(NCCCC(=O)N(C)C)ccc3C(F)(F)F)c(=O)c3c2CCC3)c1. The van der Waals surface area contributed by atoms with Gasteiger partial charge < -0.3 is 19.7 Å². The molecule has 0 spiro atoms. The number of rotatable bonds is 9. The highest BCUT2D eigenvalue weighted by Crippen LogP contribution is 2.37. The quantitative estimate of drug-likeness (QED) is 0.393. The Morgan fingerprint density at radius 3 is 2.33 bits per heavy atom. The molecule has 0 fully saturated rings. The normalized spacial score (nSPS) is 12.7. The number of hydrogen-bond acceptors (Lipinski definition) is 6. The number of fused-ring (bicyclic) bond motifs is 1. The molecule has 4 rings (SSSR count). The summed E-state index contributed by atoms with van der Waals surface area (Å²) in [6.45, 7) is 0.367. The largest absolute Gasteiger partial charge is 0.497 e. The highest BCUT2D eigenvalue weighted by atomic mass is 19.4. The second-order valence-electron chi connectivity index (χ2n) is 9.53. The molecule has 0 saturated heterocycles. The number of halogens is 3. The van der Waals surface area contributed by atoms with E-state index in [0.29, 0.717) is 72.7 Å². The van der Waals surface area contributed by atoms with E-state index < -0.39 is 17.3 Å². The Morgan fingerprint density at radius 2 is 1.72 bits per heavy atom. The second kappa shape index (κ2) is 11.4. The van der Waals surface area contributed by atoms with Crippen molar-refractivity contribution in [1.29, 1.82) is 0 Å². The molecule has 0 unspecified atom stereocenters. The lowest BCUT2D eigenvalue weighted by Crippen LogP contribution is -2.28. The first-order chi connectivity index (χ1) is 18.5. The summed E-state index contributed by atoms with van der Waals surface area (Å²) in [5.74, 6) is 0.941. The number of anilines is 1. The highest BCUT2D eigenvalue weighted by molar-refractivity contribution is 5.75. The zero-order valence-electron chi connectivity index (χ0n) is 22.3. The van der Waals surface area contributed by atoms with Gasteiger partial charge in [0.2, 0.25) is 5.91 Å². The number of hydrogen-bond donors (Lipinski definition) is 1. The maximum absolute atomic E-state index is 14.1. The van der Waals surface area contributed by atoms with E-state index in [-0.39, 0.29) is 11.6 Å². The maximum Gasteiger partial charge on any atom is 0.418 e. The van der Waals surface area contributed by atoms with E-state index >= 15 is 0 Å². The number of alkyl halides is 3. The number of benzene rings is 2. The van der Waals surface area contributed by atoms with Crippen molar-refractivity contribution in [2.75, 3.05) is 40.2 Å². The number of amides is 1. The molecule has 0 bridgehead atoms. The number of ether oxygens (including phenoxy) is 2. The zero-order valence-corrected chi connectivity index (χ0v) is 22.3. The van der Waals surface area contributed by atoms with E-state index in [1.165, 1.54) is 31.3 Å². The Labute approximate surface area is 224 Å². The standard InChI is InChI=1S/C28H31F3N4O4/c1-34(2)25(36)9-6-12-32-18-10-11-23(28(29,30)31)24(15-18)35-27(37)22-8-5-7-21(22)26(33-35)17-13-19(38-3)16-20(14-17)39-4/h10-11,13-16,32H,5-9,12H2,1-4H3.